The number of nitriles is 1. The van der Waals surface area contributed by atoms with Gasteiger partial charge in [0.1, 0.15) is 5.82 Å². The fourth-order valence-electron chi connectivity index (χ4n) is 7.27. The SMILES string of the molecule is [C-]#[N+]c1ccc2c(c1F)CCC1C2CC(C)C2C1CC[C@@]2(O)Cc1ccc(C#N)cc1. The molecular weight excluding hydrogens is 387 g/mol. The van der Waals surface area contributed by atoms with Crippen LogP contribution in [0.3, 0.4) is 0 Å². The third-order valence-electron chi connectivity index (χ3n) is 8.40. The number of benzene rings is 2. The Labute approximate surface area is 183 Å². The van der Waals surface area contributed by atoms with Gasteiger partial charge in [-0.2, -0.15) is 5.26 Å². The molecule has 2 aromatic rings. The summed E-state index contributed by atoms with van der Waals surface area (Å²) >= 11 is 0. The van der Waals surface area contributed by atoms with E-state index in [1.165, 1.54) is 0 Å². The zero-order valence-electron chi connectivity index (χ0n) is 17.8. The molecule has 3 nitrogen and oxygen atoms in total. The van der Waals surface area contributed by atoms with Crippen molar-refractivity contribution >= 4 is 5.69 Å². The van der Waals surface area contributed by atoms with E-state index in [9.17, 15) is 9.50 Å². The standard InChI is InChI=1S/C27H27FN2O/c1-16-13-23-19(7-8-22-20(23)9-10-24(30-2)26(22)28)21-11-12-27(31,25(16)21)14-17-3-5-18(15-29)6-4-17/h3-6,9-10,16,19,21,23,25,31H,7-8,11-14H2,1H3/t16?,19?,21?,23?,25?,27-/m1/s1. The Morgan fingerprint density at radius 2 is 1.97 bits per heavy atom. The van der Waals surface area contributed by atoms with Gasteiger partial charge in [0.2, 0.25) is 5.69 Å². The highest BCUT2D eigenvalue weighted by Crippen LogP contribution is 2.60. The molecule has 4 heteroatoms. The van der Waals surface area contributed by atoms with Crippen molar-refractivity contribution in [2.75, 3.05) is 0 Å². The van der Waals surface area contributed by atoms with Crippen LogP contribution in [0.4, 0.5) is 10.1 Å². The fraction of sp³-hybridized carbons (Fsp3) is 0.481. The molecule has 0 aromatic heterocycles. The van der Waals surface area contributed by atoms with Gasteiger partial charge in [0, 0.05) is 6.42 Å². The lowest BCUT2D eigenvalue weighted by Crippen LogP contribution is -2.47. The molecule has 5 unspecified atom stereocenters. The van der Waals surface area contributed by atoms with Crippen molar-refractivity contribution in [1.29, 1.82) is 5.26 Å². The van der Waals surface area contributed by atoms with Crippen molar-refractivity contribution < 1.29 is 9.50 Å². The summed E-state index contributed by atoms with van der Waals surface area (Å²) in [5.74, 6) is 1.54. The van der Waals surface area contributed by atoms with Crippen LogP contribution in [0.1, 0.15) is 60.8 Å². The molecule has 5 rings (SSSR count). The first kappa shape index (κ1) is 20.2. The highest BCUT2D eigenvalue weighted by Gasteiger charge is 2.56. The first-order chi connectivity index (χ1) is 14.9. The lowest BCUT2D eigenvalue weighted by molar-refractivity contribution is -0.0604. The van der Waals surface area contributed by atoms with Gasteiger partial charge in [-0.15, -0.1) is 0 Å². The maximum Gasteiger partial charge on any atom is 0.222 e. The topological polar surface area (TPSA) is 48.4 Å². The lowest BCUT2D eigenvalue weighted by Gasteiger charge is -2.50. The third-order valence-corrected chi connectivity index (χ3v) is 8.40. The second kappa shape index (κ2) is 7.47. The molecule has 2 aromatic carbocycles. The van der Waals surface area contributed by atoms with E-state index < -0.39 is 5.60 Å². The molecule has 158 valence electrons. The molecule has 2 saturated carbocycles. The van der Waals surface area contributed by atoms with Crippen LogP contribution >= 0.6 is 0 Å². The second-order valence-electron chi connectivity index (χ2n) is 9.92. The monoisotopic (exact) mass is 414 g/mol. The third kappa shape index (κ3) is 3.17. The Hall–Kier alpha value is -2.69. The minimum atomic E-state index is -0.720. The number of fused-ring (bicyclic) bond motifs is 5. The summed E-state index contributed by atoms with van der Waals surface area (Å²) in [5.41, 5.74) is 3.00. The Balaban J connectivity index is 1.43. The molecule has 0 spiro atoms. The molecule has 0 saturated heterocycles. The van der Waals surface area contributed by atoms with Gasteiger partial charge in [0.15, 0.2) is 0 Å². The summed E-state index contributed by atoms with van der Waals surface area (Å²) in [5, 5.41) is 20.8. The fourth-order valence-corrected chi connectivity index (χ4v) is 7.27. The zero-order valence-corrected chi connectivity index (χ0v) is 17.8. The highest BCUT2D eigenvalue weighted by molar-refractivity contribution is 5.53. The van der Waals surface area contributed by atoms with E-state index >= 15 is 0 Å². The predicted molar refractivity (Wildman–Crippen MR) is 117 cm³/mol. The quantitative estimate of drug-likeness (QED) is 0.619. The minimum absolute atomic E-state index is 0.136. The van der Waals surface area contributed by atoms with Gasteiger partial charge in [-0.25, -0.2) is 9.24 Å². The summed E-state index contributed by atoms with van der Waals surface area (Å²) < 4.78 is 14.8. The Morgan fingerprint density at radius 3 is 2.68 bits per heavy atom. The van der Waals surface area contributed by atoms with Crippen LogP contribution in [0.25, 0.3) is 4.85 Å². The Kier molecular flexibility index (Phi) is 4.87. The first-order valence-corrected chi connectivity index (χ1v) is 11.4. The molecule has 6 atom stereocenters. The summed E-state index contributed by atoms with van der Waals surface area (Å²) in [6.07, 6.45) is 5.04. The Morgan fingerprint density at radius 1 is 1.19 bits per heavy atom. The van der Waals surface area contributed by atoms with E-state index in [0.717, 1.165) is 42.4 Å². The van der Waals surface area contributed by atoms with Crippen molar-refractivity contribution in [2.24, 2.45) is 23.7 Å². The molecular formula is C27H27FN2O. The van der Waals surface area contributed by atoms with Gasteiger partial charge in [0.05, 0.1) is 23.8 Å². The molecule has 0 radical (unpaired) electrons. The van der Waals surface area contributed by atoms with E-state index in [1.807, 2.05) is 30.3 Å². The van der Waals surface area contributed by atoms with Crippen molar-refractivity contribution in [3.63, 3.8) is 0 Å². The summed E-state index contributed by atoms with van der Waals surface area (Å²) in [7, 11) is 0. The van der Waals surface area contributed by atoms with Crippen LogP contribution in [0.15, 0.2) is 36.4 Å². The van der Waals surface area contributed by atoms with Crippen molar-refractivity contribution in [1.82, 2.24) is 0 Å². The van der Waals surface area contributed by atoms with Crippen LogP contribution in [0.5, 0.6) is 0 Å². The lowest BCUT2D eigenvalue weighted by atomic mass is 9.56. The molecule has 2 fully saturated rings. The van der Waals surface area contributed by atoms with Gasteiger partial charge < -0.3 is 5.11 Å². The van der Waals surface area contributed by atoms with Crippen LogP contribution in [0.2, 0.25) is 0 Å². The highest BCUT2D eigenvalue weighted by atomic mass is 19.1. The molecule has 31 heavy (non-hydrogen) atoms. The molecule has 3 aliphatic carbocycles. The average molecular weight is 415 g/mol. The largest absolute Gasteiger partial charge is 0.389 e. The molecule has 0 aliphatic heterocycles. The van der Waals surface area contributed by atoms with Gasteiger partial charge in [-0.05, 0) is 90.5 Å². The second-order valence-corrected chi connectivity index (χ2v) is 9.92. The van der Waals surface area contributed by atoms with Crippen LogP contribution in [-0.4, -0.2) is 10.7 Å². The number of hydrogen-bond donors (Lipinski definition) is 1. The zero-order chi connectivity index (χ0) is 21.8. The number of hydrogen-bond acceptors (Lipinski definition) is 2. The van der Waals surface area contributed by atoms with E-state index in [1.54, 1.807) is 6.07 Å². The summed E-state index contributed by atoms with van der Waals surface area (Å²) in [6.45, 7) is 9.46. The van der Waals surface area contributed by atoms with E-state index in [2.05, 4.69) is 17.8 Å². The van der Waals surface area contributed by atoms with Gasteiger partial charge in [-0.1, -0.05) is 31.2 Å². The van der Waals surface area contributed by atoms with E-state index in [4.69, 9.17) is 11.8 Å². The maximum atomic E-state index is 14.8. The molecule has 1 N–H and O–H groups in total. The average Bonchev–Trinajstić information content (AvgIpc) is 3.12. The number of nitrogens with zero attached hydrogens (tertiary/aromatic N) is 2. The summed E-state index contributed by atoms with van der Waals surface area (Å²) in [4.78, 5) is 3.34. The van der Waals surface area contributed by atoms with Gasteiger partial charge in [0.25, 0.3) is 0 Å². The van der Waals surface area contributed by atoms with Crippen molar-refractivity contribution in [3.05, 3.63) is 75.9 Å². The van der Waals surface area contributed by atoms with Gasteiger partial charge >= 0.3 is 0 Å². The molecule has 0 bridgehead atoms. The first-order valence-electron chi connectivity index (χ1n) is 11.4. The molecule has 0 heterocycles. The van der Waals surface area contributed by atoms with Gasteiger partial charge in [-0.3, -0.25) is 0 Å². The van der Waals surface area contributed by atoms with Crippen molar-refractivity contribution in [3.8, 4) is 6.07 Å². The normalized spacial score (nSPS) is 33.5. The number of aliphatic hydroxyl groups is 1. The van der Waals surface area contributed by atoms with E-state index in [-0.39, 0.29) is 17.4 Å². The number of rotatable bonds is 2. The maximum absolute atomic E-state index is 14.8. The number of halogens is 1. The van der Waals surface area contributed by atoms with Crippen LogP contribution in [-0.2, 0) is 12.8 Å². The van der Waals surface area contributed by atoms with Crippen LogP contribution in [0, 0.1) is 47.4 Å². The predicted octanol–water partition coefficient (Wildman–Crippen LogP) is 5.93. The minimum Gasteiger partial charge on any atom is -0.389 e. The summed E-state index contributed by atoms with van der Waals surface area (Å²) in [6, 6.07) is 13.4. The molecule has 3 aliphatic rings. The van der Waals surface area contributed by atoms with E-state index in [0.29, 0.717) is 42.1 Å². The Bertz CT molecular complexity index is 1100. The smallest absolute Gasteiger partial charge is 0.222 e. The molecule has 0 amide bonds. The van der Waals surface area contributed by atoms with Crippen LogP contribution < -0.4 is 0 Å². The van der Waals surface area contributed by atoms with Crippen molar-refractivity contribution in [2.45, 2.75) is 57.0 Å².